The Labute approximate surface area is 900 Å². The zero-order valence-electron chi connectivity index (χ0n) is 97.5. The van der Waals surface area contributed by atoms with Crippen LogP contribution in [0.5, 0.6) is 0 Å². The van der Waals surface area contributed by atoms with Crippen molar-refractivity contribution >= 4 is 53.2 Å². The van der Waals surface area contributed by atoms with Crippen molar-refractivity contribution < 1.29 is 43.2 Å². The highest BCUT2D eigenvalue weighted by Crippen LogP contribution is 2.52. The van der Waals surface area contributed by atoms with E-state index < -0.39 is 12.1 Å². The van der Waals surface area contributed by atoms with Crippen molar-refractivity contribution in [2.24, 2.45) is 71.0 Å². The molecule has 9 amide bonds. The fraction of sp³-hybridized carbons (Fsp3) is 0.885. The van der Waals surface area contributed by atoms with Crippen molar-refractivity contribution in [1.29, 1.82) is 0 Å². The highest BCUT2D eigenvalue weighted by molar-refractivity contribution is 6.13. The predicted molar refractivity (Wildman–Crippen MR) is 616 cm³/mol. The Balaban J connectivity index is 0.000000475. The van der Waals surface area contributed by atoms with Gasteiger partial charge in [-0.1, -0.05) is 486 Å². The summed E-state index contributed by atoms with van der Waals surface area (Å²) < 4.78 is 0. The first-order valence-electron chi connectivity index (χ1n) is 64.8. The standard InChI is InChI=1S/C78H141N3O5.C53H93N3O4/c1-7-12-17-21-30-40-52-71-67(48-37-19-14-9-3)56-55-66(47-16-11-5)70(71)51-42-32-24-27-34-44-61-79(65(6)82)74-64-77(85)81(78(74)86)63-46-36-28-25-33-43-54-73-69(50-39-29-23-26-35-45-62-80-75(83)59-60-76(80)84)58-57-68(49-38-20-15-10-4)72(73)53-41-31-22-18-13-8-2;1-6-9-12-15-21-27-34-48-46(32-25-13-10-7-2)37-38-47(33-26-20-16-18-23-30-40-54-44(4)36-39-51(54)58)49(48)35-28-22-17-19-24-31-42-56-52(59)43-50(53(56)60)55(45(5)57)41-29-14-11-8-3/h59-60,66-74H,7-58,61-64H2,1-6H3;36,39,46-50H,4,6-35,37-38,40-43H2,1-3,5H3. The van der Waals surface area contributed by atoms with Crippen LogP contribution in [0.15, 0.2) is 36.6 Å². The summed E-state index contributed by atoms with van der Waals surface area (Å²) in [5.74, 6) is 9.91. The maximum Gasteiger partial charge on any atom is 0.253 e. The molecular formula is C131H234N6O9. The van der Waals surface area contributed by atoms with E-state index in [9.17, 15) is 43.2 Å². The number of allylic oxidation sites excluding steroid dienone is 1. The minimum Gasteiger partial charge on any atom is -0.330 e. The van der Waals surface area contributed by atoms with Gasteiger partial charge in [0.25, 0.3) is 29.5 Å². The molecule has 5 fully saturated rings. The Morgan fingerprint density at radius 2 is 0.418 bits per heavy atom. The Morgan fingerprint density at radius 1 is 0.233 bits per heavy atom. The number of carbonyl (C=O) groups excluding carboxylic acids is 9. The molecule has 4 aliphatic heterocycles. The number of nitrogens with zero attached hydrogens (tertiary/aromatic N) is 6. The maximum absolute atomic E-state index is 13.8. The molecule has 15 nitrogen and oxygen atoms in total. The van der Waals surface area contributed by atoms with Crippen LogP contribution in [0.25, 0.3) is 0 Å². The lowest BCUT2D eigenvalue weighted by Crippen LogP contribution is -2.45. The van der Waals surface area contributed by atoms with Crippen LogP contribution in [0.2, 0.25) is 0 Å². The van der Waals surface area contributed by atoms with E-state index in [-0.39, 0.29) is 66.0 Å². The fourth-order valence-corrected chi connectivity index (χ4v) is 28.3. The highest BCUT2D eigenvalue weighted by Gasteiger charge is 2.46. The van der Waals surface area contributed by atoms with Crippen LogP contribution in [0.3, 0.4) is 0 Å². The van der Waals surface area contributed by atoms with Gasteiger partial charge < -0.3 is 14.7 Å². The number of carbonyl (C=O) groups is 9. The van der Waals surface area contributed by atoms with Crippen LogP contribution in [0.1, 0.15) is 621 Å². The molecule has 14 atom stereocenters. The molecule has 3 aliphatic carbocycles. The quantitative estimate of drug-likeness (QED) is 0.0424. The summed E-state index contributed by atoms with van der Waals surface area (Å²) in [6.07, 6.45) is 116. The Bertz CT molecular complexity index is 3460. The van der Waals surface area contributed by atoms with Gasteiger partial charge in [0.15, 0.2) is 0 Å². The summed E-state index contributed by atoms with van der Waals surface area (Å²) in [6.45, 7) is 29.1. The molecule has 0 bridgehead atoms. The number of rotatable bonds is 91. The largest absolute Gasteiger partial charge is 0.330 e. The van der Waals surface area contributed by atoms with Gasteiger partial charge in [0.2, 0.25) is 23.6 Å². The van der Waals surface area contributed by atoms with Crippen molar-refractivity contribution in [3.63, 3.8) is 0 Å². The zero-order valence-corrected chi connectivity index (χ0v) is 97.5. The summed E-state index contributed by atoms with van der Waals surface area (Å²) >= 11 is 0. The fourth-order valence-electron chi connectivity index (χ4n) is 28.3. The molecule has 0 N–H and O–H groups in total. The Hall–Kier alpha value is -4.95. The van der Waals surface area contributed by atoms with E-state index in [0.717, 1.165) is 180 Å². The predicted octanol–water partition coefficient (Wildman–Crippen LogP) is 36.1. The third kappa shape index (κ3) is 51.4. The van der Waals surface area contributed by atoms with Crippen molar-refractivity contribution in [3.8, 4) is 0 Å². The molecule has 15 heteroatoms. The molecule has 3 saturated carbocycles. The molecule has 14 unspecified atom stereocenters. The van der Waals surface area contributed by atoms with Crippen LogP contribution >= 0.6 is 0 Å². The topological polar surface area (TPSA) is 173 Å². The molecule has 0 aromatic carbocycles. The van der Waals surface area contributed by atoms with Crippen LogP contribution in [-0.4, -0.2) is 134 Å². The molecule has 2 saturated heterocycles. The average Bonchev–Trinajstić information content (AvgIpc) is 1.57. The normalized spacial score (nSPS) is 22.8. The van der Waals surface area contributed by atoms with Gasteiger partial charge in [0, 0.05) is 77.0 Å². The lowest BCUT2D eigenvalue weighted by Gasteiger charge is -2.44. The lowest BCUT2D eigenvalue weighted by molar-refractivity contribution is -0.144. The molecule has 0 aromatic heterocycles. The van der Waals surface area contributed by atoms with E-state index >= 15 is 0 Å². The first kappa shape index (κ1) is 130. The minimum absolute atomic E-state index is 0.0761. The molecular weight excluding hydrogens is 1800 g/mol. The van der Waals surface area contributed by atoms with Gasteiger partial charge in [-0.05, 0) is 193 Å². The Morgan fingerprint density at radius 3 is 0.658 bits per heavy atom. The second-order valence-corrected chi connectivity index (χ2v) is 48.4. The second-order valence-electron chi connectivity index (χ2n) is 48.4. The Kier molecular flexibility index (Phi) is 73.4. The highest BCUT2D eigenvalue weighted by atomic mass is 16.2. The second kappa shape index (κ2) is 82.6. The van der Waals surface area contributed by atoms with Gasteiger partial charge >= 0.3 is 0 Å². The van der Waals surface area contributed by atoms with Crippen LogP contribution in [-0.2, 0) is 43.2 Å². The average molecular weight is 2040 g/mol. The van der Waals surface area contributed by atoms with E-state index in [1.807, 2.05) is 11.0 Å². The van der Waals surface area contributed by atoms with Crippen LogP contribution in [0.4, 0.5) is 0 Å². The van der Waals surface area contributed by atoms with Gasteiger partial charge in [-0.3, -0.25) is 57.9 Å². The maximum atomic E-state index is 13.8. The minimum atomic E-state index is -0.629. The summed E-state index contributed by atoms with van der Waals surface area (Å²) in [7, 11) is 0. The summed E-state index contributed by atoms with van der Waals surface area (Å²) in [5.41, 5.74) is 0.840. The molecule has 7 rings (SSSR count). The van der Waals surface area contributed by atoms with E-state index in [1.165, 1.54) is 477 Å². The molecule has 0 aromatic rings. The number of unbranched alkanes of at least 4 members (excludes halogenated alkanes) is 53. The first-order valence-corrected chi connectivity index (χ1v) is 64.8. The molecule has 842 valence electrons. The van der Waals surface area contributed by atoms with Crippen LogP contribution < -0.4 is 0 Å². The monoisotopic (exact) mass is 2040 g/mol. The van der Waals surface area contributed by atoms with E-state index in [4.69, 9.17) is 0 Å². The van der Waals surface area contributed by atoms with Crippen molar-refractivity contribution in [2.75, 3.05) is 39.3 Å². The third-order valence-corrected chi connectivity index (χ3v) is 37.0. The number of amides is 9. The van der Waals surface area contributed by atoms with Gasteiger partial charge in [-0.15, -0.1) is 0 Å². The number of imide groups is 3. The SMILES string of the molecule is C=C1C=CC(=O)N1CCCCCCCCC1CCC(CCCCCC)C(CCCCCCCC)C1CCCCCCCCN1C(=O)CC(N(CCCCCC)C(C)=O)C1=O.CCCCCCCCC1C(CCCCCC)CCC(CCCC)C1CCCCCCCCN(C(C)=O)C1CC(=O)N(CCCCCCCCC2C(CCCCCCCCN3C(=O)C=CC3=O)CCC(CCCCCC)C2CCCCCCCC)C1=O. The number of hydrogen-bond donors (Lipinski definition) is 0. The summed E-state index contributed by atoms with van der Waals surface area (Å²) in [4.78, 5) is 124. The summed E-state index contributed by atoms with van der Waals surface area (Å²) in [5, 5.41) is 0. The molecule has 7 aliphatic rings. The van der Waals surface area contributed by atoms with Gasteiger partial charge in [-0.2, -0.15) is 0 Å². The van der Waals surface area contributed by atoms with Crippen molar-refractivity contribution in [3.05, 3.63) is 36.6 Å². The molecule has 0 radical (unpaired) electrons. The molecule has 0 spiro atoms. The summed E-state index contributed by atoms with van der Waals surface area (Å²) in [6, 6.07) is -1.24. The lowest BCUT2D eigenvalue weighted by atomic mass is 9.61. The third-order valence-electron chi connectivity index (χ3n) is 37.0. The van der Waals surface area contributed by atoms with Gasteiger partial charge in [-0.25, -0.2) is 0 Å². The zero-order chi connectivity index (χ0) is 105. The number of likely N-dealkylation sites (tertiary alicyclic amines) is 2. The van der Waals surface area contributed by atoms with E-state index in [1.54, 1.807) is 22.8 Å². The van der Waals surface area contributed by atoms with Crippen LogP contribution in [0, 0.1) is 71.0 Å². The first-order chi connectivity index (χ1) is 71.3. The van der Waals surface area contributed by atoms with E-state index in [0.29, 0.717) is 32.7 Å². The van der Waals surface area contributed by atoms with Gasteiger partial charge in [0.05, 0.1) is 12.8 Å². The van der Waals surface area contributed by atoms with Gasteiger partial charge in [0.1, 0.15) is 12.1 Å². The smallest absolute Gasteiger partial charge is 0.253 e. The van der Waals surface area contributed by atoms with Crippen molar-refractivity contribution in [1.82, 2.24) is 29.4 Å². The van der Waals surface area contributed by atoms with E-state index in [2.05, 4.69) is 62.0 Å². The number of hydrogen-bond acceptors (Lipinski definition) is 9. The molecule has 4 heterocycles. The molecule has 146 heavy (non-hydrogen) atoms. The van der Waals surface area contributed by atoms with Crippen molar-refractivity contribution in [2.45, 2.75) is 634 Å².